The molecule has 21 heavy (non-hydrogen) atoms. The van der Waals surface area contributed by atoms with E-state index in [1.54, 1.807) is 0 Å². The SMILES string of the molecule is CC(C)(C)OC(=O)NCCOc1ccc(N)cc1C1CC1. The van der Waals surface area contributed by atoms with Gasteiger partial charge in [-0.15, -0.1) is 0 Å². The van der Waals surface area contributed by atoms with Crippen LogP contribution < -0.4 is 15.8 Å². The first-order valence-electron chi connectivity index (χ1n) is 7.34. The zero-order valence-electron chi connectivity index (χ0n) is 12.9. The fourth-order valence-electron chi connectivity index (χ4n) is 2.04. The van der Waals surface area contributed by atoms with E-state index in [4.69, 9.17) is 15.2 Å². The molecule has 1 aromatic carbocycles. The Morgan fingerprint density at radius 2 is 2.10 bits per heavy atom. The summed E-state index contributed by atoms with van der Waals surface area (Å²) in [5, 5.41) is 2.67. The van der Waals surface area contributed by atoms with Gasteiger partial charge in [-0.05, 0) is 63.3 Å². The summed E-state index contributed by atoms with van der Waals surface area (Å²) in [5.74, 6) is 1.43. The second-order valence-corrected chi connectivity index (χ2v) is 6.35. The lowest BCUT2D eigenvalue weighted by molar-refractivity contribution is 0.0520. The van der Waals surface area contributed by atoms with Crippen LogP contribution in [0.25, 0.3) is 0 Å². The van der Waals surface area contributed by atoms with Crippen molar-refractivity contribution < 1.29 is 14.3 Å². The van der Waals surface area contributed by atoms with Gasteiger partial charge in [0.2, 0.25) is 0 Å². The first kappa shape index (κ1) is 15.5. The molecule has 5 heteroatoms. The molecule has 116 valence electrons. The molecule has 0 aliphatic heterocycles. The summed E-state index contributed by atoms with van der Waals surface area (Å²) in [5.41, 5.74) is 7.27. The van der Waals surface area contributed by atoms with E-state index in [1.165, 1.54) is 18.4 Å². The monoisotopic (exact) mass is 292 g/mol. The van der Waals surface area contributed by atoms with Crippen molar-refractivity contribution in [3.05, 3.63) is 23.8 Å². The van der Waals surface area contributed by atoms with Crippen molar-refractivity contribution in [1.29, 1.82) is 0 Å². The van der Waals surface area contributed by atoms with Gasteiger partial charge in [-0.25, -0.2) is 4.79 Å². The fraction of sp³-hybridized carbons (Fsp3) is 0.562. The summed E-state index contributed by atoms with van der Waals surface area (Å²) in [7, 11) is 0. The molecule has 0 atom stereocenters. The molecule has 3 N–H and O–H groups in total. The maximum atomic E-state index is 11.5. The molecule has 1 aromatic rings. The van der Waals surface area contributed by atoms with Crippen LogP contribution in [0.2, 0.25) is 0 Å². The van der Waals surface area contributed by atoms with Crippen LogP contribution in [0.1, 0.15) is 45.1 Å². The summed E-state index contributed by atoms with van der Waals surface area (Å²) in [4.78, 5) is 11.5. The highest BCUT2D eigenvalue weighted by atomic mass is 16.6. The van der Waals surface area contributed by atoms with E-state index in [0.29, 0.717) is 19.1 Å². The van der Waals surface area contributed by atoms with Crippen molar-refractivity contribution in [2.24, 2.45) is 0 Å². The molecule has 0 aromatic heterocycles. The quantitative estimate of drug-likeness (QED) is 0.646. The van der Waals surface area contributed by atoms with E-state index in [-0.39, 0.29) is 0 Å². The lowest BCUT2D eigenvalue weighted by atomic mass is 10.1. The van der Waals surface area contributed by atoms with Crippen LogP contribution in [0.3, 0.4) is 0 Å². The number of anilines is 1. The number of rotatable bonds is 5. The van der Waals surface area contributed by atoms with Gasteiger partial charge in [0.25, 0.3) is 0 Å². The van der Waals surface area contributed by atoms with Crippen LogP contribution >= 0.6 is 0 Å². The predicted molar refractivity (Wildman–Crippen MR) is 82.6 cm³/mol. The Hall–Kier alpha value is -1.91. The molecule has 0 heterocycles. The second kappa shape index (κ2) is 6.24. The zero-order chi connectivity index (χ0) is 15.5. The van der Waals surface area contributed by atoms with Gasteiger partial charge in [-0.1, -0.05) is 0 Å². The van der Waals surface area contributed by atoms with Gasteiger partial charge in [0.1, 0.15) is 18.0 Å². The minimum Gasteiger partial charge on any atom is -0.491 e. The molecule has 1 amide bonds. The third-order valence-corrected chi connectivity index (χ3v) is 3.08. The third-order valence-electron chi connectivity index (χ3n) is 3.08. The van der Waals surface area contributed by atoms with Crippen LogP contribution in [0.4, 0.5) is 10.5 Å². The highest BCUT2D eigenvalue weighted by molar-refractivity contribution is 5.67. The lowest BCUT2D eigenvalue weighted by Gasteiger charge is -2.19. The van der Waals surface area contributed by atoms with Crippen molar-refractivity contribution in [3.8, 4) is 5.75 Å². The average Bonchev–Trinajstić information content (AvgIpc) is 3.18. The first-order valence-corrected chi connectivity index (χ1v) is 7.34. The summed E-state index contributed by atoms with van der Waals surface area (Å²) in [6.45, 7) is 6.31. The average molecular weight is 292 g/mol. The van der Waals surface area contributed by atoms with Gasteiger partial charge in [0.05, 0.1) is 6.54 Å². The molecule has 1 aliphatic carbocycles. The summed E-state index contributed by atoms with van der Waals surface area (Å²) in [6, 6.07) is 5.72. The third kappa shape index (κ3) is 5.17. The Kier molecular flexibility index (Phi) is 4.60. The number of nitrogens with one attached hydrogen (secondary N) is 1. The summed E-state index contributed by atoms with van der Waals surface area (Å²) in [6.07, 6.45) is 1.96. The van der Waals surface area contributed by atoms with Gasteiger partial charge in [0, 0.05) is 5.69 Å². The summed E-state index contributed by atoms with van der Waals surface area (Å²) < 4.78 is 10.9. The lowest BCUT2D eigenvalue weighted by Crippen LogP contribution is -2.34. The van der Waals surface area contributed by atoms with Gasteiger partial charge >= 0.3 is 6.09 Å². The first-order chi connectivity index (χ1) is 9.85. The Balaban J connectivity index is 1.78. The van der Waals surface area contributed by atoms with Crippen molar-refractivity contribution in [3.63, 3.8) is 0 Å². The van der Waals surface area contributed by atoms with Gasteiger partial charge in [-0.3, -0.25) is 0 Å². The highest BCUT2D eigenvalue weighted by Gasteiger charge is 2.27. The number of alkyl carbamates (subject to hydrolysis) is 1. The molecule has 0 saturated heterocycles. The van der Waals surface area contributed by atoms with E-state index < -0.39 is 11.7 Å². The van der Waals surface area contributed by atoms with Crippen molar-refractivity contribution in [2.45, 2.75) is 45.1 Å². The van der Waals surface area contributed by atoms with Crippen molar-refractivity contribution in [1.82, 2.24) is 5.32 Å². The molecule has 1 aliphatic rings. The smallest absolute Gasteiger partial charge is 0.407 e. The zero-order valence-corrected chi connectivity index (χ0v) is 12.9. The van der Waals surface area contributed by atoms with Gasteiger partial charge in [0.15, 0.2) is 0 Å². The molecule has 0 spiro atoms. The standard InChI is InChI=1S/C16H24N2O3/c1-16(2,3)21-15(19)18-8-9-20-14-7-6-12(17)10-13(14)11-4-5-11/h6-7,10-11H,4-5,8-9,17H2,1-3H3,(H,18,19). The molecule has 1 saturated carbocycles. The van der Waals surface area contributed by atoms with Crippen LogP contribution in [-0.4, -0.2) is 24.8 Å². The Morgan fingerprint density at radius 3 is 2.71 bits per heavy atom. The van der Waals surface area contributed by atoms with Crippen molar-refractivity contribution in [2.75, 3.05) is 18.9 Å². The molecule has 1 fully saturated rings. The second-order valence-electron chi connectivity index (χ2n) is 6.35. The molecule has 0 radical (unpaired) electrons. The molecule has 0 bridgehead atoms. The summed E-state index contributed by atoms with van der Waals surface area (Å²) >= 11 is 0. The van der Waals surface area contributed by atoms with Gasteiger partial charge < -0.3 is 20.5 Å². The van der Waals surface area contributed by atoms with Crippen LogP contribution in [0, 0.1) is 0 Å². The number of hydrogen-bond donors (Lipinski definition) is 2. The number of carbonyl (C=O) groups excluding carboxylic acids is 1. The molecule has 0 unspecified atom stereocenters. The van der Waals surface area contributed by atoms with Crippen LogP contribution in [0.15, 0.2) is 18.2 Å². The normalized spacial score (nSPS) is 14.6. The van der Waals surface area contributed by atoms with Crippen LogP contribution in [-0.2, 0) is 4.74 Å². The Labute approximate surface area is 125 Å². The van der Waals surface area contributed by atoms with Crippen LogP contribution in [0.5, 0.6) is 5.75 Å². The van der Waals surface area contributed by atoms with E-state index in [0.717, 1.165) is 11.4 Å². The predicted octanol–water partition coefficient (Wildman–Crippen LogP) is 3.05. The number of amides is 1. The maximum Gasteiger partial charge on any atom is 0.407 e. The molecular weight excluding hydrogens is 268 g/mol. The van der Waals surface area contributed by atoms with E-state index in [2.05, 4.69) is 5.32 Å². The van der Waals surface area contributed by atoms with E-state index >= 15 is 0 Å². The largest absolute Gasteiger partial charge is 0.491 e. The maximum absolute atomic E-state index is 11.5. The number of nitrogen functional groups attached to an aromatic ring is 1. The topological polar surface area (TPSA) is 73.6 Å². The molecule has 2 rings (SSSR count). The van der Waals surface area contributed by atoms with Gasteiger partial charge in [-0.2, -0.15) is 0 Å². The fourth-order valence-corrected chi connectivity index (χ4v) is 2.04. The number of nitrogens with two attached hydrogens (primary N) is 1. The van der Waals surface area contributed by atoms with E-state index in [1.807, 2.05) is 39.0 Å². The number of benzene rings is 1. The molecule has 5 nitrogen and oxygen atoms in total. The highest BCUT2D eigenvalue weighted by Crippen LogP contribution is 2.44. The number of hydrogen-bond acceptors (Lipinski definition) is 4. The Bertz CT molecular complexity index is 505. The van der Waals surface area contributed by atoms with Crippen molar-refractivity contribution >= 4 is 11.8 Å². The molecular formula is C16H24N2O3. The van der Waals surface area contributed by atoms with E-state index in [9.17, 15) is 4.79 Å². The number of ether oxygens (including phenoxy) is 2. The minimum absolute atomic E-state index is 0.406. The Morgan fingerprint density at radius 1 is 1.38 bits per heavy atom. The minimum atomic E-state index is -0.485. The number of carbonyl (C=O) groups is 1.